The molecule has 0 radical (unpaired) electrons. The monoisotopic (exact) mass is 219 g/mol. The summed E-state index contributed by atoms with van der Waals surface area (Å²) in [4.78, 5) is 0. The van der Waals surface area contributed by atoms with E-state index in [0.29, 0.717) is 0 Å². The first-order chi connectivity index (χ1) is 6.18. The Hall–Kier alpha value is -0.670. The SMILES string of the molecule is Cl.N[C@@H]1CCc2cc(C(F)F)ccc21. The molecule has 2 rings (SSSR count). The van der Waals surface area contributed by atoms with Gasteiger partial charge in [0, 0.05) is 11.6 Å². The van der Waals surface area contributed by atoms with Crippen molar-refractivity contribution in [3.8, 4) is 0 Å². The summed E-state index contributed by atoms with van der Waals surface area (Å²) in [7, 11) is 0. The van der Waals surface area contributed by atoms with Gasteiger partial charge in [-0.2, -0.15) is 0 Å². The summed E-state index contributed by atoms with van der Waals surface area (Å²) in [5.41, 5.74) is 7.91. The van der Waals surface area contributed by atoms with E-state index in [1.54, 1.807) is 12.1 Å². The Kier molecular flexibility index (Phi) is 3.45. The molecular formula is C10H12ClF2N. The number of fused-ring (bicyclic) bond motifs is 1. The average molecular weight is 220 g/mol. The van der Waals surface area contributed by atoms with Crippen molar-refractivity contribution < 1.29 is 8.78 Å². The first kappa shape index (κ1) is 11.4. The highest BCUT2D eigenvalue weighted by molar-refractivity contribution is 5.85. The maximum Gasteiger partial charge on any atom is 0.263 e. The number of hydrogen-bond donors (Lipinski definition) is 1. The largest absolute Gasteiger partial charge is 0.324 e. The highest BCUT2D eigenvalue weighted by atomic mass is 35.5. The van der Waals surface area contributed by atoms with E-state index < -0.39 is 6.43 Å². The summed E-state index contributed by atoms with van der Waals surface area (Å²) < 4.78 is 24.6. The minimum atomic E-state index is -2.37. The van der Waals surface area contributed by atoms with Crippen molar-refractivity contribution in [3.05, 3.63) is 34.9 Å². The van der Waals surface area contributed by atoms with Gasteiger partial charge in [0.2, 0.25) is 0 Å². The predicted molar refractivity (Wildman–Crippen MR) is 53.9 cm³/mol. The fourth-order valence-corrected chi connectivity index (χ4v) is 1.81. The van der Waals surface area contributed by atoms with Crippen LogP contribution in [-0.2, 0) is 6.42 Å². The zero-order valence-electron chi connectivity index (χ0n) is 7.54. The van der Waals surface area contributed by atoms with E-state index in [1.165, 1.54) is 6.07 Å². The van der Waals surface area contributed by atoms with Crippen LogP contribution in [-0.4, -0.2) is 0 Å². The van der Waals surface area contributed by atoms with E-state index in [-0.39, 0.29) is 24.0 Å². The predicted octanol–water partition coefficient (Wildman–Crippen LogP) is 2.99. The number of rotatable bonds is 1. The summed E-state index contributed by atoms with van der Waals surface area (Å²) in [6.07, 6.45) is -0.666. The van der Waals surface area contributed by atoms with Crippen LogP contribution in [0.2, 0.25) is 0 Å². The van der Waals surface area contributed by atoms with E-state index in [2.05, 4.69) is 0 Å². The lowest BCUT2D eigenvalue weighted by Crippen LogP contribution is -2.05. The molecule has 0 heterocycles. The summed E-state index contributed by atoms with van der Waals surface area (Å²) in [5, 5.41) is 0. The van der Waals surface area contributed by atoms with Crippen LogP contribution < -0.4 is 5.73 Å². The van der Waals surface area contributed by atoms with Gasteiger partial charge in [0.1, 0.15) is 0 Å². The van der Waals surface area contributed by atoms with Gasteiger partial charge in [0.15, 0.2) is 0 Å². The lowest BCUT2D eigenvalue weighted by molar-refractivity contribution is 0.151. The molecule has 78 valence electrons. The second-order valence-electron chi connectivity index (χ2n) is 3.40. The Bertz CT molecular complexity index is 328. The maximum absolute atomic E-state index is 12.3. The Morgan fingerprint density at radius 2 is 2.07 bits per heavy atom. The van der Waals surface area contributed by atoms with E-state index in [9.17, 15) is 8.78 Å². The molecule has 1 aromatic rings. The topological polar surface area (TPSA) is 26.0 Å². The van der Waals surface area contributed by atoms with Crippen molar-refractivity contribution in [1.82, 2.24) is 0 Å². The molecule has 1 aliphatic carbocycles. The summed E-state index contributed by atoms with van der Waals surface area (Å²) in [5.74, 6) is 0. The molecule has 1 aromatic carbocycles. The second-order valence-corrected chi connectivity index (χ2v) is 3.40. The molecule has 2 N–H and O–H groups in total. The van der Waals surface area contributed by atoms with E-state index >= 15 is 0 Å². The molecule has 0 aliphatic heterocycles. The number of nitrogens with two attached hydrogens (primary N) is 1. The molecule has 0 aromatic heterocycles. The van der Waals surface area contributed by atoms with Crippen LogP contribution in [0, 0.1) is 0 Å². The average Bonchev–Trinajstić information content (AvgIpc) is 2.47. The van der Waals surface area contributed by atoms with Crippen molar-refractivity contribution >= 4 is 12.4 Å². The highest BCUT2D eigenvalue weighted by Crippen LogP contribution is 2.32. The third kappa shape index (κ3) is 1.88. The third-order valence-electron chi connectivity index (χ3n) is 2.54. The smallest absolute Gasteiger partial charge is 0.263 e. The number of halogens is 3. The van der Waals surface area contributed by atoms with Gasteiger partial charge in [-0.3, -0.25) is 0 Å². The lowest BCUT2D eigenvalue weighted by atomic mass is 10.1. The van der Waals surface area contributed by atoms with Crippen LogP contribution >= 0.6 is 12.4 Å². The van der Waals surface area contributed by atoms with Crippen LogP contribution in [0.5, 0.6) is 0 Å². The molecule has 0 saturated heterocycles. The molecule has 0 amide bonds. The zero-order valence-corrected chi connectivity index (χ0v) is 8.36. The number of benzene rings is 1. The van der Waals surface area contributed by atoms with Crippen molar-refractivity contribution in [2.75, 3.05) is 0 Å². The van der Waals surface area contributed by atoms with Crippen molar-refractivity contribution in [2.24, 2.45) is 5.73 Å². The van der Waals surface area contributed by atoms with Gasteiger partial charge in [-0.15, -0.1) is 12.4 Å². The van der Waals surface area contributed by atoms with E-state index in [0.717, 1.165) is 24.0 Å². The quantitative estimate of drug-likeness (QED) is 0.772. The lowest BCUT2D eigenvalue weighted by Gasteiger charge is -2.06. The minimum Gasteiger partial charge on any atom is -0.324 e. The molecule has 1 aliphatic rings. The first-order valence-electron chi connectivity index (χ1n) is 4.35. The summed E-state index contributed by atoms with van der Waals surface area (Å²) >= 11 is 0. The van der Waals surface area contributed by atoms with Crippen molar-refractivity contribution in [2.45, 2.75) is 25.3 Å². The van der Waals surface area contributed by atoms with Crippen LogP contribution in [0.15, 0.2) is 18.2 Å². The van der Waals surface area contributed by atoms with Crippen LogP contribution in [0.4, 0.5) is 8.78 Å². The van der Waals surface area contributed by atoms with E-state index in [4.69, 9.17) is 5.73 Å². The molecule has 1 atom stereocenters. The maximum atomic E-state index is 12.3. The van der Waals surface area contributed by atoms with Crippen LogP contribution in [0.25, 0.3) is 0 Å². The normalized spacial score (nSPS) is 19.3. The zero-order chi connectivity index (χ0) is 9.42. The fourth-order valence-electron chi connectivity index (χ4n) is 1.81. The van der Waals surface area contributed by atoms with Gasteiger partial charge >= 0.3 is 0 Å². The molecule has 1 nitrogen and oxygen atoms in total. The number of hydrogen-bond acceptors (Lipinski definition) is 1. The summed E-state index contributed by atoms with van der Waals surface area (Å²) in [6, 6.07) is 4.82. The molecule has 0 spiro atoms. The molecule has 0 unspecified atom stereocenters. The Balaban J connectivity index is 0.000000980. The molecule has 0 bridgehead atoms. The van der Waals surface area contributed by atoms with Gasteiger partial charge in [-0.25, -0.2) is 8.78 Å². The van der Waals surface area contributed by atoms with Crippen molar-refractivity contribution in [1.29, 1.82) is 0 Å². The van der Waals surface area contributed by atoms with Gasteiger partial charge in [-0.05, 0) is 30.0 Å². The van der Waals surface area contributed by atoms with Gasteiger partial charge < -0.3 is 5.73 Å². The second kappa shape index (κ2) is 4.24. The Labute approximate surface area is 87.7 Å². The van der Waals surface area contributed by atoms with Crippen molar-refractivity contribution in [3.63, 3.8) is 0 Å². The van der Waals surface area contributed by atoms with Crippen LogP contribution in [0.1, 0.15) is 35.6 Å². The number of alkyl halides is 2. The summed E-state index contributed by atoms with van der Waals surface area (Å²) in [6.45, 7) is 0. The first-order valence-corrected chi connectivity index (χ1v) is 4.35. The minimum absolute atomic E-state index is 0. The van der Waals surface area contributed by atoms with Gasteiger partial charge in [0.25, 0.3) is 6.43 Å². The standard InChI is InChI=1S/C10H11F2N.ClH/c11-10(12)7-1-3-8-6(5-7)2-4-9(8)13;/h1,3,5,9-10H,2,4,13H2;1H/t9-;/m1./s1. The van der Waals surface area contributed by atoms with Crippen LogP contribution in [0.3, 0.4) is 0 Å². The molecule has 4 heteroatoms. The third-order valence-corrected chi connectivity index (χ3v) is 2.54. The molecule has 0 saturated carbocycles. The van der Waals surface area contributed by atoms with Gasteiger partial charge in [-0.1, -0.05) is 12.1 Å². The number of aryl methyl sites for hydroxylation is 1. The fraction of sp³-hybridized carbons (Fsp3) is 0.400. The Morgan fingerprint density at radius 1 is 1.36 bits per heavy atom. The van der Waals surface area contributed by atoms with Gasteiger partial charge in [0.05, 0.1) is 0 Å². The van der Waals surface area contributed by atoms with E-state index in [1.807, 2.05) is 0 Å². The highest BCUT2D eigenvalue weighted by Gasteiger charge is 2.20. The molecular weight excluding hydrogens is 208 g/mol. The Morgan fingerprint density at radius 3 is 2.71 bits per heavy atom. The molecule has 0 fully saturated rings. The molecule has 14 heavy (non-hydrogen) atoms.